The Balaban J connectivity index is 1.76. The SMILES string of the molecule is O=[N+]([O-])c1ccc2c(c1)[C@H](N1CCOCC1)/C(=C/c1ccccc1)O2. The summed E-state index contributed by atoms with van der Waals surface area (Å²) in [4.78, 5) is 13.1. The van der Waals surface area contributed by atoms with E-state index in [1.54, 1.807) is 12.1 Å². The summed E-state index contributed by atoms with van der Waals surface area (Å²) in [5.41, 5.74) is 1.97. The molecule has 2 aromatic rings. The molecular weight excluding hydrogens is 320 g/mol. The second-order valence-corrected chi connectivity index (χ2v) is 6.09. The number of nitro benzene ring substituents is 1. The molecule has 2 aliphatic heterocycles. The number of nitrogens with zero attached hydrogens (tertiary/aromatic N) is 2. The topological polar surface area (TPSA) is 64.8 Å². The van der Waals surface area contributed by atoms with Crippen molar-refractivity contribution in [3.63, 3.8) is 0 Å². The van der Waals surface area contributed by atoms with E-state index in [0.717, 1.165) is 30.0 Å². The number of non-ortho nitro benzene ring substituents is 1. The van der Waals surface area contributed by atoms with Gasteiger partial charge in [-0.15, -0.1) is 0 Å². The summed E-state index contributed by atoms with van der Waals surface area (Å²) < 4.78 is 11.5. The summed E-state index contributed by atoms with van der Waals surface area (Å²) in [5, 5.41) is 11.2. The van der Waals surface area contributed by atoms with Crippen LogP contribution in [0.2, 0.25) is 0 Å². The van der Waals surface area contributed by atoms with Gasteiger partial charge in [0.2, 0.25) is 0 Å². The Morgan fingerprint density at radius 1 is 1.12 bits per heavy atom. The second-order valence-electron chi connectivity index (χ2n) is 6.09. The first-order valence-electron chi connectivity index (χ1n) is 8.27. The van der Waals surface area contributed by atoms with Crippen molar-refractivity contribution in [2.45, 2.75) is 6.04 Å². The first-order chi connectivity index (χ1) is 12.2. The lowest BCUT2D eigenvalue weighted by atomic mass is 10.0. The van der Waals surface area contributed by atoms with Crippen molar-refractivity contribution >= 4 is 11.8 Å². The normalized spacial score (nSPS) is 21.8. The summed E-state index contributed by atoms with van der Waals surface area (Å²) in [7, 11) is 0. The van der Waals surface area contributed by atoms with Crippen molar-refractivity contribution in [2.24, 2.45) is 0 Å². The maximum atomic E-state index is 11.2. The van der Waals surface area contributed by atoms with Crippen LogP contribution in [0.3, 0.4) is 0 Å². The number of hydrogen-bond donors (Lipinski definition) is 0. The fourth-order valence-electron chi connectivity index (χ4n) is 3.33. The molecule has 0 aromatic heterocycles. The van der Waals surface area contributed by atoms with Crippen molar-refractivity contribution in [3.8, 4) is 5.75 Å². The molecular formula is C19H18N2O4. The van der Waals surface area contributed by atoms with E-state index in [0.29, 0.717) is 19.0 Å². The van der Waals surface area contributed by atoms with Gasteiger partial charge in [-0.25, -0.2) is 0 Å². The molecule has 1 saturated heterocycles. The van der Waals surface area contributed by atoms with E-state index in [1.807, 2.05) is 36.4 Å². The Morgan fingerprint density at radius 2 is 1.88 bits per heavy atom. The van der Waals surface area contributed by atoms with E-state index < -0.39 is 0 Å². The standard InChI is InChI=1S/C19H18N2O4/c22-21(23)15-6-7-17-16(13-15)19(20-8-10-24-11-9-20)18(25-17)12-14-4-2-1-3-5-14/h1-7,12-13,19H,8-11H2/b18-12-/t19-/m0/s1. The molecule has 0 N–H and O–H groups in total. The molecule has 0 unspecified atom stereocenters. The zero-order chi connectivity index (χ0) is 17.2. The van der Waals surface area contributed by atoms with Crippen molar-refractivity contribution in [3.05, 3.63) is 75.5 Å². The number of morpholine rings is 1. The van der Waals surface area contributed by atoms with Crippen LogP contribution in [0.15, 0.2) is 54.3 Å². The van der Waals surface area contributed by atoms with Gasteiger partial charge in [-0.1, -0.05) is 30.3 Å². The summed E-state index contributed by atoms with van der Waals surface area (Å²) >= 11 is 0. The highest BCUT2D eigenvalue weighted by Gasteiger charge is 2.36. The van der Waals surface area contributed by atoms with Crippen LogP contribution in [-0.2, 0) is 4.74 Å². The molecule has 2 aromatic carbocycles. The summed E-state index contributed by atoms with van der Waals surface area (Å²) in [6, 6.07) is 14.6. The zero-order valence-corrected chi connectivity index (χ0v) is 13.6. The van der Waals surface area contributed by atoms with Crippen LogP contribution in [0.1, 0.15) is 17.2 Å². The molecule has 25 heavy (non-hydrogen) atoms. The van der Waals surface area contributed by atoms with Crippen LogP contribution in [0.4, 0.5) is 5.69 Å². The third kappa shape index (κ3) is 3.14. The van der Waals surface area contributed by atoms with E-state index in [2.05, 4.69) is 4.90 Å². The minimum absolute atomic E-state index is 0.0848. The van der Waals surface area contributed by atoms with Gasteiger partial charge in [0, 0.05) is 30.8 Å². The Labute approximate surface area is 145 Å². The maximum Gasteiger partial charge on any atom is 0.270 e. The minimum Gasteiger partial charge on any atom is -0.459 e. The lowest BCUT2D eigenvalue weighted by Gasteiger charge is -2.32. The van der Waals surface area contributed by atoms with Gasteiger partial charge in [-0.2, -0.15) is 0 Å². The number of rotatable bonds is 3. The van der Waals surface area contributed by atoms with Crippen LogP contribution in [0.25, 0.3) is 6.08 Å². The van der Waals surface area contributed by atoms with E-state index in [9.17, 15) is 10.1 Å². The Morgan fingerprint density at radius 3 is 2.60 bits per heavy atom. The molecule has 4 rings (SSSR count). The van der Waals surface area contributed by atoms with Crippen molar-refractivity contribution in [1.29, 1.82) is 0 Å². The highest BCUT2D eigenvalue weighted by molar-refractivity contribution is 5.60. The lowest BCUT2D eigenvalue weighted by Crippen LogP contribution is -2.39. The Bertz CT molecular complexity index is 813. The number of fused-ring (bicyclic) bond motifs is 1. The molecule has 0 amide bonds. The van der Waals surface area contributed by atoms with E-state index in [-0.39, 0.29) is 16.7 Å². The quantitative estimate of drug-likeness (QED) is 0.634. The molecule has 1 fully saturated rings. The number of benzene rings is 2. The highest BCUT2D eigenvalue weighted by Crippen LogP contribution is 2.45. The molecule has 2 heterocycles. The van der Waals surface area contributed by atoms with E-state index in [1.165, 1.54) is 6.07 Å². The molecule has 0 aliphatic carbocycles. The van der Waals surface area contributed by atoms with Gasteiger partial charge < -0.3 is 9.47 Å². The van der Waals surface area contributed by atoms with Gasteiger partial charge in [0.25, 0.3) is 5.69 Å². The second kappa shape index (κ2) is 6.66. The van der Waals surface area contributed by atoms with Crippen LogP contribution >= 0.6 is 0 Å². The van der Waals surface area contributed by atoms with Crippen LogP contribution < -0.4 is 4.74 Å². The number of ether oxygens (including phenoxy) is 2. The average Bonchev–Trinajstić information content (AvgIpc) is 3.00. The van der Waals surface area contributed by atoms with Gasteiger partial charge >= 0.3 is 0 Å². The molecule has 2 aliphatic rings. The molecule has 0 radical (unpaired) electrons. The number of hydrogen-bond acceptors (Lipinski definition) is 5. The molecule has 128 valence electrons. The van der Waals surface area contributed by atoms with Gasteiger partial charge in [-0.3, -0.25) is 15.0 Å². The van der Waals surface area contributed by atoms with Crippen molar-refractivity contribution < 1.29 is 14.4 Å². The predicted octanol–water partition coefficient (Wildman–Crippen LogP) is 3.40. The number of nitro groups is 1. The Hall–Kier alpha value is -2.70. The summed E-state index contributed by atoms with van der Waals surface area (Å²) in [5.74, 6) is 1.48. The van der Waals surface area contributed by atoms with Gasteiger partial charge in [0.15, 0.2) is 0 Å². The van der Waals surface area contributed by atoms with Gasteiger partial charge in [-0.05, 0) is 17.7 Å². The Kier molecular flexibility index (Phi) is 4.21. The molecule has 0 bridgehead atoms. The van der Waals surface area contributed by atoms with E-state index in [4.69, 9.17) is 9.47 Å². The van der Waals surface area contributed by atoms with Gasteiger partial charge in [0.05, 0.1) is 24.2 Å². The highest BCUT2D eigenvalue weighted by atomic mass is 16.6. The molecule has 0 saturated carbocycles. The summed E-state index contributed by atoms with van der Waals surface area (Å²) in [6.45, 7) is 2.84. The molecule has 6 nitrogen and oxygen atoms in total. The largest absolute Gasteiger partial charge is 0.459 e. The lowest BCUT2D eigenvalue weighted by molar-refractivity contribution is -0.384. The summed E-state index contributed by atoms with van der Waals surface area (Å²) in [6.07, 6.45) is 2.01. The third-order valence-electron chi connectivity index (χ3n) is 4.52. The van der Waals surface area contributed by atoms with Crippen LogP contribution in [-0.4, -0.2) is 36.1 Å². The first-order valence-corrected chi connectivity index (χ1v) is 8.27. The smallest absolute Gasteiger partial charge is 0.270 e. The van der Waals surface area contributed by atoms with Gasteiger partial charge in [0.1, 0.15) is 11.5 Å². The van der Waals surface area contributed by atoms with Crippen LogP contribution in [0.5, 0.6) is 5.75 Å². The monoisotopic (exact) mass is 338 g/mol. The molecule has 0 spiro atoms. The molecule has 6 heteroatoms. The fourth-order valence-corrected chi connectivity index (χ4v) is 3.33. The zero-order valence-electron chi connectivity index (χ0n) is 13.6. The minimum atomic E-state index is -0.366. The maximum absolute atomic E-state index is 11.2. The average molecular weight is 338 g/mol. The predicted molar refractivity (Wildman–Crippen MR) is 93.3 cm³/mol. The van der Waals surface area contributed by atoms with Crippen LogP contribution in [0, 0.1) is 10.1 Å². The van der Waals surface area contributed by atoms with E-state index >= 15 is 0 Å². The molecule has 1 atom stereocenters. The third-order valence-corrected chi connectivity index (χ3v) is 4.52. The van der Waals surface area contributed by atoms with Crippen molar-refractivity contribution in [2.75, 3.05) is 26.3 Å². The van der Waals surface area contributed by atoms with Crippen molar-refractivity contribution in [1.82, 2.24) is 4.90 Å². The fraction of sp³-hybridized carbons (Fsp3) is 0.263. The first kappa shape index (κ1) is 15.8.